The van der Waals surface area contributed by atoms with Gasteiger partial charge in [0.25, 0.3) is 0 Å². The Morgan fingerprint density at radius 2 is 1.78 bits per heavy atom. The molecule has 1 saturated heterocycles. The number of ether oxygens (including phenoxy) is 1. The molecule has 2 saturated carbocycles. The van der Waals surface area contributed by atoms with Crippen LogP contribution in [-0.4, -0.2) is 33.6 Å². The number of aliphatic hydroxyl groups excluding tert-OH is 1. The van der Waals surface area contributed by atoms with Gasteiger partial charge in [0.15, 0.2) is 0 Å². The van der Waals surface area contributed by atoms with Crippen molar-refractivity contribution in [1.82, 2.24) is 0 Å². The van der Waals surface area contributed by atoms with Crippen LogP contribution in [0.4, 0.5) is 0 Å². The molecule has 2 N–H and O–H groups in total. The van der Waals surface area contributed by atoms with Gasteiger partial charge in [0.1, 0.15) is 5.60 Å². The van der Waals surface area contributed by atoms with E-state index in [4.69, 9.17) is 4.74 Å². The van der Waals surface area contributed by atoms with Crippen LogP contribution < -0.4 is 0 Å². The summed E-state index contributed by atoms with van der Waals surface area (Å²) in [6, 6.07) is 0. The number of rotatable bonds is 2. The maximum Gasteiger partial charge on any atom is 0.106 e. The molecule has 1 heterocycles. The van der Waals surface area contributed by atoms with Crippen LogP contribution in [0.15, 0.2) is 12.7 Å². The van der Waals surface area contributed by atoms with Crippen LogP contribution in [0, 0.1) is 22.7 Å². The lowest BCUT2D eigenvalue weighted by atomic mass is 9.45. The lowest BCUT2D eigenvalue weighted by Gasteiger charge is -2.61. The number of fused-ring (bicyclic) bond motifs is 3. The molecule has 3 fully saturated rings. The highest BCUT2D eigenvalue weighted by molar-refractivity contribution is 5.16. The second-order valence-electron chi connectivity index (χ2n) is 9.66. The average Bonchev–Trinajstić information content (AvgIpc) is 2.83. The molecule has 3 heteroatoms. The van der Waals surface area contributed by atoms with E-state index < -0.39 is 17.3 Å². The highest BCUT2D eigenvalue weighted by atomic mass is 16.5. The third-order valence-electron chi connectivity index (χ3n) is 7.80. The molecule has 23 heavy (non-hydrogen) atoms. The van der Waals surface area contributed by atoms with Gasteiger partial charge < -0.3 is 14.9 Å². The monoisotopic (exact) mass is 322 g/mol. The number of aliphatic hydroxyl groups is 2. The fourth-order valence-electron chi connectivity index (χ4n) is 6.24. The van der Waals surface area contributed by atoms with Crippen molar-refractivity contribution in [2.45, 2.75) is 90.1 Å². The predicted octanol–water partition coefficient (Wildman–Crippen LogP) is 3.68. The molecular weight excluding hydrogens is 288 g/mol. The first kappa shape index (κ1) is 17.4. The molecule has 7 atom stereocenters. The maximum absolute atomic E-state index is 10.9. The Morgan fingerprint density at radius 3 is 2.39 bits per heavy atom. The van der Waals surface area contributed by atoms with Crippen molar-refractivity contribution < 1.29 is 14.9 Å². The number of hydrogen-bond donors (Lipinski definition) is 2. The molecular formula is C20H34O3. The van der Waals surface area contributed by atoms with Gasteiger partial charge in [-0.2, -0.15) is 0 Å². The molecule has 0 aromatic heterocycles. The van der Waals surface area contributed by atoms with E-state index in [0.717, 1.165) is 12.8 Å². The topological polar surface area (TPSA) is 49.7 Å². The van der Waals surface area contributed by atoms with E-state index in [1.807, 2.05) is 0 Å². The van der Waals surface area contributed by atoms with Crippen molar-refractivity contribution >= 4 is 0 Å². The Kier molecular flexibility index (Phi) is 3.84. The average molecular weight is 322 g/mol. The van der Waals surface area contributed by atoms with Crippen molar-refractivity contribution in [3.8, 4) is 0 Å². The fraction of sp³-hybridized carbons (Fsp3) is 0.900. The normalized spacial score (nSPS) is 51.4. The van der Waals surface area contributed by atoms with E-state index >= 15 is 0 Å². The van der Waals surface area contributed by atoms with Gasteiger partial charge in [-0.1, -0.05) is 33.3 Å². The van der Waals surface area contributed by atoms with Gasteiger partial charge in [0, 0.05) is 0 Å². The van der Waals surface area contributed by atoms with Crippen molar-refractivity contribution in [3.63, 3.8) is 0 Å². The van der Waals surface area contributed by atoms with Crippen LogP contribution >= 0.6 is 0 Å². The maximum atomic E-state index is 10.9. The second-order valence-corrected chi connectivity index (χ2v) is 9.66. The standard InChI is InChI=1S/C20H34O3/c1-7-19(5,22)16-12-14-18(4)10-8-9-17(2,3)13(18)11-15(21)20(14,6)23-16/h7,13-16,21-22H,1,8-12H2,2-6H3/t13-,14+,15-,16+,18-,19-,20-/m0/s1. The first-order valence-electron chi connectivity index (χ1n) is 9.19. The Morgan fingerprint density at radius 1 is 1.13 bits per heavy atom. The summed E-state index contributed by atoms with van der Waals surface area (Å²) in [6.45, 7) is 14.7. The van der Waals surface area contributed by atoms with Crippen molar-refractivity contribution in [1.29, 1.82) is 0 Å². The third-order valence-corrected chi connectivity index (χ3v) is 7.80. The number of hydrogen-bond acceptors (Lipinski definition) is 3. The van der Waals surface area contributed by atoms with Gasteiger partial charge in [-0.3, -0.25) is 0 Å². The Labute approximate surface area is 141 Å². The molecule has 0 unspecified atom stereocenters. The molecule has 3 rings (SSSR count). The van der Waals surface area contributed by atoms with E-state index in [1.54, 1.807) is 13.0 Å². The largest absolute Gasteiger partial charge is 0.390 e. The van der Waals surface area contributed by atoms with Crippen LogP contribution in [0.5, 0.6) is 0 Å². The summed E-state index contributed by atoms with van der Waals surface area (Å²) in [4.78, 5) is 0. The summed E-state index contributed by atoms with van der Waals surface area (Å²) in [5.74, 6) is 0.785. The molecule has 0 spiro atoms. The highest BCUT2D eigenvalue weighted by Crippen LogP contribution is 2.66. The molecule has 3 aliphatic rings. The molecule has 132 valence electrons. The SMILES string of the molecule is C=C[C@](C)(O)[C@H]1C[C@@H]2[C@@]3(C)CCCC(C)(C)[C@@H]3C[C@H](O)[C@@]2(C)O1. The van der Waals surface area contributed by atoms with E-state index in [-0.39, 0.29) is 22.9 Å². The summed E-state index contributed by atoms with van der Waals surface area (Å²) in [5.41, 5.74) is -1.18. The zero-order valence-electron chi connectivity index (χ0n) is 15.4. The molecule has 0 bridgehead atoms. The summed E-state index contributed by atoms with van der Waals surface area (Å²) >= 11 is 0. The predicted molar refractivity (Wildman–Crippen MR) is 92.1 cm³/mol. The van der Waals surface area contributed by atoms with Crippen molar-refractivity contribution in [3.05, 3.63) is 12.7 Å². The molecule has 1 aliphatic heterocycles. The smallest absolute Gasteiger partial charge is 0.106 e. The van der Waals surface area contributed by atoms with E-state index in [2.05, 4.69) is 34.3 Å². The van der Waals surface area contributed by atoms with E-state index in [9.17, 15) is 10.2 Å². The van der Waals surface area contributed by atoms with Gasteiger partial charge in [-0.05, 0) is 62.2 Å². The first-order valence-corrected chi connectivity index (χ1v) is 9.19. The molecule has 3 nitrogen and oxygen atoms in total. The highest BCUT2D eigenvalue weighted by Gasteiger charge is 2.66. The molecule has 2 aliphatic carbocycles. The molecule has 0 aromatic carbocycles. The van der Waals surface area contributed by atoms with Gasteiger partial charge in [-0.15, -0.1) is 6.58 Å². The summed E-state index contributed by atoms with van der Waals surface area (Å²) in [6.07, 6.45) is 6.10. The van der Waals surface area contributed by atoms with Crippen molar-refractivity contribution in [2.24, 2.45) is 22.7 Å². The minimum atomic E-state index is -1.05. The molecule has 0 aromatic rings. The van der Waals surface area contributed by atoms with E-state index in [1.165, 1.54) is 19.3 Å². The zero-order valence-corrected chi connectivity index (χ0v) is 15.4. The Balaban J connectivity index is 2.00. The molecule has 0 radical (unpaired) electrons. The summed E-state index contributed by atoms with van der Waals surface area (Å²) < 4.78 is 6.33. The summed E-state index contributed by atoms with van der Waals surface area (Å²) in [7, 11) is 0. The van der Waals surface area contributed by atoms with Gasteiger partial charge in [0.2, 0.25) is 0 Å². The lowest BCUT2D eigenvalue weighted by Crippen LogP contribution is -2.62. The van der Waals surface area contributed by atoms with Crippen molar-refractivity contribution in [2.75, 3.05) is 0 Å². The summed E-state index contributed by atoms with van der Waals surface area (Å²) in [5, 5.41) is 21.6. The van der Waals surface area contributed by atoms with E-state index in [0.29, 0.717) is 5.92 Å². The zero-order chi connectivity index (χ0) is 17.3. The second kappa shape index (κ2) is 5.06. The quantitative estimate of drug-likeness (QED) is 0.762. The Hall–Kier alpha value is -0.380. The first-order chi connectivity index (χ1) is 10.5. The van der Waals surface area contributed by atoms with Gasteiger partial charge in [-0.25, -0.2) is 0 Å². The minimum Gasteiger partial charge on any atom is -0.390 e. The van der Waals surface area contributed by atoms with Gasteiger partial charge in [0.05, 0.1) is 17.8 Å². The minimum absolute atomic E-state index is 0.168. The van der Waals surface area contributed by atoms with Crippen LogP contribution in [-0.2, 0) is 4.74 Å². The van der Waals surface area contributed by atoms with Crippen LogP contribution in [0.3, 0.4) is 0 Å². The molecule has 0 amide bonds. The Bertz CT molecular complexity index is 497. The lowest BCUT2D eigenvalue weighted by molar-refractivity contribution is -0.218. The van der Waals surface area contributed by atoms with Crippen LogP contribution in [0.1, 0.15) is 66.7 Å². The third kappa shape index (κ3) is 2.34. The van der Waals surface area contributed by atoms with Gasteiger partial charge >= 0.3 is 0 Å². The van der Waals surface area contributed by atoms with Crippen LogP contribution in [0.25, 0.3) is 0 Å². The fourth-order valence-corrected chi connectivity index (χ4v) is 6.24. The van der Waals surface area contributed by atoms with Crippen LogP contribution in [0.2, 0.25) is 0 Å².